The van der Waals surface area contributed by atoms with Crippen molar-refractivity contribution in [3.8, 4) is 0 Å². The summed E-state index contributed by atoms with van der Waals surface area (Å²) in [7, 11) is 2.07. The Morgan fingerprint density at radius 1 is 1.08 bits per heavy atom. The molecule has 1 amide bonds. The first-order valence-corrected chi connectivity index (χ1v) is 7.69. The third kappa shape index (κ3) is 3.51. The van der Waals surface area contributed by atoms with Crippen molar-refractivity contribution in [2.24, 2.45) is 0 Å². The minimum atomic E-state index is -0.822. The van der Waals surface area contributed by atoms with E-state index in [4.69, 9.17) is 0 Å². The van der Waals surface area contributed by atoms with Gasteiger partial charge in [-0.05, 0) is 31.3 Å². The van der Waals surface area contributed by atoms with Crippen LogP contribution in [0.25, 0.3) is 0 Å². The lowest BCUT2D eigenvalue weighted by molar-refractivity contribution is 0.102. The zero-order valence-electron chi connectivity index (χ0n) is 13.3. The van der Waals surface area contributed by atoms with Crippen molar-refractivity contribution in [3.05, 3.63) is 53.9 Å². The minimum absolute atomic E-state index is 0.107. The number of nitrogens with zero attached hydrogens (tertiary/aromatic N) is 3. The van der Waals surface area contributed by atoms with Crippen molar-refractivity contribution < 1.29 is 13.6 Å². The van der Waals surface area contributed by atoms with Crippen molar-refractivity contribution in [1.82, 2.24) is 9.88 Å². The molecule has 1 aromatic carbocycles. The maximum absolute atomic E-state index is 13.6. The summed E-state index contributed by atoms with van der Waals surface area (Å²) >= 11 is 0. The molecular weight excluding hydrogens is 314 g/mol. The second-order valence-electron chi connectivity index (χ2n) is 5.74. The zero-order chi connectivity index (χ0) is 17.1. The SMILES string of the molecule is CN1CCN(c2ccc(C(=O)Nc3c(F)cccc3F)nc2)CC1. The van der Waals surface area contributed by atoms with E-state index in [9.17, 15) is 13.6 Å². The van der Waals surface area contributed by atoms with Crippen LogP contribution < -0.4 is 10.2 Å². The number of amides is 1. The fourth-order valence-corrected chi connectivity index (χ4v) is 2.57. The summed E-state index contributed by atoms with van der Waals surface area (Å²) < 4.78 is 27.2. The van der Waals surface area contributed by atoms with E-state index >= 15 is 0 Å². The molecule has 1 N–H and O–H groups in total. The van der Waals surface area contributed by atoms with Crippen molar-refractivity contribution >= 4 is 17.3 Å². The molecule has 1 aliphatic rings. The third-order valence-corrected chi connectivity index (χ3v) is 4.05. The highest BCUT2D eigenvalue weighted by Gasteiger charge is 2.17. The van der Waals surface area contributed by atoms with Gasteiger partial charge >= 0.3 is 0 Å². The number of piperazine rings is 1. The van der Waals surface area contributed by atoms with Gasteiger partial charge in [-0.3, -0.25) is 4.79 Å². The van der Waals surface area contributed by atoms with Gasteiger partial charge in [0.05, 0.1) is 11.9 Å². The summed E-state index contributed by atoms with van der Waals surface area (Å²) in [6, 6.07) is 6.77. The number of aromatic nitrogens is 1. The van der Waals surface area contributed by atoms with Crippen LogP contribution in [0.3, 0.4) is 0 Å². The number of carbonyl (C=O) groups excluding carboxylic acids is 1. The number of benzene rings is 1. The van der Waals surface area contributed by atoms with Gasteiger partial charge in [0.15, 0.2) is 0 Å². The van der Waals surface area contributed by atoms with Crippen LogP contribution in [-0.4, -0.2) is 49.0 Å². The lowest BCUT2D eigenvalue weighted by atomic mass is 10.2. The maximum Gasteiger partial charge on any atom is 0.274 e. The molecule has 126 valence electrons. The number of pyridine rings is 1. The highest BCUT2D eigenvalue weighted by molar-refractivity contribution is 6.03. The Morgan fingerprint density at radius 2 is 1.75 bits per heavy atom. The van der Waals surface area contributed by atoms with Crippen LogP contribution in [0.5, 0.6) is 0 Å². The number of carbonyl (C=O) groups is 1. The second kappa shape index (κ2) is 6.92. The van der Waals surface area contributed by atoms with E-state index < -0.39 is 23.2 Å². The largest absolute Gasteiger partial charge is 0.368 e. The quantitative estimate of drug-likeness (QED) is 0.937. The third-order valence-electron chi connectivity index (χ3n) is 4.05. The number of hydrogen-bond acceptors (Lipinski definition) is 4. The summed E-state index contributed by atoms with van der Waals surface area (Å²) in [5, 5.41) is 2.23. The number of halogens is 2. The van der Waals surface area contributed by atoms with E-state index in [2.05, 4.69) is 27.1 Å². The van der Waals surface area contributed by atoms with Crippen molar-refractivity contribution in [3.63, 3.8) is 0 Å². The van der Waals surface area contributed by atoms with Gasteiger partial charge in [0.2, 0.25) is 0 Å². The smallest absolute Gasteiger partial charge is 0.274 e. The summed E-state index contributed by atoms with van der Waals surface area (Å²) in [5.41, 5.74) is 0.569. The lowest BCUT2D eigenvalue weighted by Crippen LogP contribution is -2.44. The standard InChI is InChI=1S/C17H18F2N4O/c1-22-7-9-23(10-8-22)12-5-6-15(20-11-12)17(24)21-16-13(18)3-2-4-14(16)19/h2-6,11H,7-10H2,1H3,(H,21,24). The van der Waals surface area contributed by atoms with E-state index in [1.54, 1.807) is 18.3 Å². The Kier molecular flexibility index (Phi) is 4.71. The van der Waals surface area contributed by atoms with Crippen molar-refractivity contribution in [2.75, 3.05) is 43.4 Å². The fraction of sp³-hybridized carbons (Fsp3) is 0.294. The molecule has 24 heavy (non-hydrogen) atoms. The van der Waals surface area contributed by atoms with Crippen LogP contribution in [0.2, 0.25) is 0 Å². The highest BCUT2D eigenvalue weighted by atomic mass is 19.1. The molecule has 7 heteroatoms. The zero-order valence-corrected chi connectivity index (χ0v) is 13.3. The molecule has 3 rings (SSSR count). The summed E-state index contributed by atoms with van der Waals surface area (Å²) in [6.07, 6.45) is 1.61. The highest BCUT2D eigenvalue weighted by Crippen LogP contribution is 2.20. The normalized spacial score (nSPS) is 15.4. The molecule has 0 atom stereocenters. The average Bonchev–Trinajstić information content (AvgIpc) is 2.59. The topological polar surface area (TPSA) is 48.5 Å². The van der Waals surface area contributed by atoms with Crippen molar-refractivity contribution in [2.45, 2.75) is 0 Å². The molecule has 1 aliphatic heterocycles. The van der Waals surface area contributed by atoms with Crippen LogP contribution in [-0.2, 0) is 0 Å². The van der Waals surface area contributed by atoms with Gasteiger partial charge in [-0.25, -0.2) is 13.8 Å². The van der Waals surface area contributed by atoms with Crippen LogP contribution in [0.1, 0.15) is 10.5 Å². The molecule has 1 saturated heterocycles. The Bertz CT molecular complexity index is 708. The number of hydrogen-bond donors (Lipinski definition) is 1. The minimum Gasteiger partial charge on any atom is -0.368 e. The van der Waals surface area contributed by atoms with Gasteiger partial charge in [-0.1, -0.05) is 6.07 Å². The number of rotatable bonds is 3. The molecule has 1 aromatic heterocycles. The molecular formula is C17H18F2N4O. The van der Waals surface area contributed by atoms with E-state index in [0.717, 1.165) is 44.0 Å². The maximum atomic E-state index is 13.6. The molecule has 1 fully saturated rings. The van der Waals surface area contributed by atoms with Crippen LogP contribution in [0.4, 0.5) is 20.2 Å². The van der Waals surface area contributed by atoms with E-state index in [-0.39, 0.29) is 5.69 Å². The van der Waals surface area contributed by atoms with Gasteiger partial charge in [-0.15, -0.1) is 0 Å². The first-order valence-electron chi connectivity index (χ1n) is 7.69. The summed E-state index contributed by atoms with van der Waals surface area (Å²) in [5.74, 6) is -2.29. The second-order valence-corrected chi connectivity index (χ2v) is 5.74. The van der Waals surface area contributed by atoms with Gasteiger partial charge < -0.3 is 15.1 Å². The van der Waals surface area contributed by atoms with E-state index in [1.165, 1.54) is 6.07 Å². The molecule has 0 radical (unpaired) electrons. The summed E-state index contributed by atoms with van der Waals surface area (Å²) in [6.45, 7) is 3.72. The predicted octanol–water partition coefficient (Wildman–Crippen LogP) is 2.36. The molecule has 0 bridgehead atoms. The van der Waals surface area contributed by atoms with E-state index in [1.807, 2.05) is 0 Å². The lowest BCUT2D eigenvalue weighted by Gasteiger charge is -2.33. The fourth-order valence-electron chi connectivity index (χ4n) is 2.57. The molecule has 5 nitrogen and oxygen atoms in total. The first-order chi connectivity index (χ1) is 11.5. The number of nitrogens with one attached hydrogen (secondary N) is 1. The molecule has 0 unspecified atom stereocenters. The number of likely N-dealkylation sites (N-methyl/N-ethyl adjacent to an activating group) is 1. The molecule has 0 aliphatic carbocycles. The molecule has 0 spiro atoms. The molecule has 2 heterocycles. The van der Waals surface area contributed by atoms with Crippen molar-refractivity contribution in [1.29, 1.82) is 0 Å². The Balaban J connectivity index is 1.70. The molecule has 0 saturated carbocycles. The average molecular weight is 332 g/mol. The van der Waals surface area contributed by atoms with Gasteiger partial charge in [0.1, 0.15) is 23.0 Å². The van der Waals surface area contributed by atoms with E-state index in [0.29, 0.717) is 0 Å². The van der Waals surface area contributed by atoms with Crippen LogP contribution >= 0.6 is 0 Å². The number of para-hydroxylation sites is 1. The van der Waals surface area contributed by atoms with Gasteiger partial charge in [0.25, 0.3) is 5.91 Å². The van der Waals surface area contributed by atoms with Crippen LogP contribution in [0, 0.1) is 11.6 Å². The molecule has 2 aromatic rings. The van der Waals surface area contributed by atoms with Gasteiger partial charge in [-0.2, -0.15) is 0 Å². The number of anilines is 2. The van der Waals surface area contributed by atoms with Crippen LogP contribution in [0.15, 0.2) is 36.5 Å². The first kappa shape index (κ1) is 16.3. The Hall–Kier alpha value is -2.54. The monoisotopic (exact) mass is 332 g/mol. The Morgan fingerprint density at radius 3 is 2.33 bits per heavy atom. The Labute approximate surface area is 138 Å². The van der Waals surface area contributed by atoms with Gasteiger partial charge in [0, 0.05) is 26.2 Å². The predicted molar refractivity (Wildman–Crippen MR) is 88.3 cm³/mol. The summed E-state index contributed by atoms with van der Waals surface area (Å²) in [4.78, 5) is 20.7.